The molecule has 1 fully saturated rings. The Bertz CT molecular complexity index is 708. The van der Waals surface area contributed by atoms with Crippen molar-refractivity contribution in [3.05, 3.63) is 35.3 Å². The van der Waals surface area contributed by atoms with E-state index in [2.05, 4.69) is 15.6 Å². The van der Waals surface area contributed by atoms with Crippen molar-refractivity contribution in [2.45, 2.75) is 25.8 Å². The van der Waals surface area contributed by atoms with E-state index in [9.17, 15) is 9.59 Å². The number of hydrogen-bond donors (Lipinski definition) is 2. The fourth-order valence-corrected chi connectivity index (χ4v) is 2.74. The zero-order valence-corrected chi connectivity index (χ0v) is 13.5. The van der Waals surface area contributed by atoms with E-state index in [0.29, 0.717) is 5.75 Å². The van der Waals surface area contributed by atoms with Gasteiger partial charge in [-0.2, -0.15) is 0 Å². The van der Waals surface area contributed by atoms with Crippen LogP contribution in [0.2, 0.25) is 0 Å². The highest BCUT2D eigenvalue weighted by Crippen LogP contribution is 2.25. The number of hydrogen-bond acceptors (Lipinski definition) is 5. The molecule has 1 aromatic carbocycles. The summed E-state index contributed by atoms with van der Waals surface area (Å²) in [7, 11) is 0. The molecule has 6 nitrogen and oxygen atoms in total. The SMILES string of the molecule is Cc1csc(-c2ccc(OCC(=O)NC(=O)NC3CC3)cc2)n1. The second-order valence-corrected chi connectivity index (χ2v) is 6.26. The zero-order valence-electron chi connectivity index (χ0n) is 12.7. The van der Waals surface area contributed by atoms with Crippen LogP contribution in [-0.4, -0.2) is 29.6 Å². The van der Waals surface area contributed by atoms with E-state index in [1.807, 2.05) is 24.4 Å². The Kier molecular flexibility index (Phi) is 4.57. The van der Waals surface area contributed by atoms with Gasteiger partial charge in [-0.25, -0.2) is 9.78 Å². The number of aromatic nitrogens is 1. The molecule has 1 aliphatic carbocycles. The van der Waals surface area contributed by atoms with Gasteiger partial charge in [0, 0.05) is 22.7 Å². The normalized spacial score (nSPS) is 13.4. The predicted octanol–water partition coefficient (Wildman–Crippen LogP) is 2.49. The topological polar surface area (TPSA) is 80.3 Å². The summed E-state index contributed by atoms with van der Waals surface area (Å²) >= 11 is 1.58. The zero-order chi connectivity index (χ0) is 16.2. The molecule has 1 aliphatic rings. The van der Waals surface area contributed by atoms with Gasteiger partial charge in [0.05, 0.1) is 0 Å². The number of nitrogens with zero attached hydrogens (tertiary/aromatic N) is 1. The number of amides is 3. The van der Waals surface area contributed by atoms with Gasteiger partial charge >= 0.3 is 6.03 Å². The molecule has 1 aromatic heterocycles. The Morgan fingerprint density at radius 2 is 2.04 bits per heavy atom. The van der Waals surface area contributed by atoms with Crippen molar-refractivity contribution in [1.82, 2.24) is 15.6 Å². The maximum absolute atomic E-state index is 11.6. The number of urea groups is 1. The maximum atomic E-state index is 11.6. The summed E-state index contributed by atoms with van der Waals surface area (Å²) in [6.07, 6.45) is 1.95. The number of thiazole rings is 1. The molecule has 120 valence electrons. The molecular formula is C16H17N3O3S. The molecule has 0 radical (unpaired) electrons. The second-order valence-electron chi connectivity index (χ2n) is 5.40. The predicted molar refractivity (Wildman–Crippen MR) is 87.5 cm³/mol. The molecule has 0 bridgehead atoms. The minimum Gasteiger partial charge on any atom is -0.484 e. The summed E-state index contributed by atoms with van der Waals surface area (Å²) in [4.78, 5) is 27.4. The number of carbonyl (C=O) groups is 2. The molecule has 0 saturated heterocycles. The van der Waals surface area contributed by atoms with Gasteiger partial charge < -0.3 is 10.1 Å². The van der Waals surface area contributed by atoms with E-state index in [1.165, 1.54) is 0 Å². The molecule has 0 spiro atoms. The molecule has 1 heterocycles. The van der Waals surface area contributed by atoms with E-state index in [-0.39, 0.29) is 12.6 Å². The molecule has 2 N–H and O–H groups in total. The van der Waals surface area contributed by atoms with Crippen LogP contribution in [0.4, 0.5) is 4.79 Å². The van der Waals surface area contributed by atoms with Gasteiger partial charge in [0.15, 0.2) is 6.61 Å². The van der Waals surface area contributed by atoms with Gasteiger partial charge in [0.2, 0.25) is 0 Å². The lowest BCUT2D eigenvalue weighted by molar-refractivity contribution is -0.122. The second kappa shape index (κ2) is 6.78. The van der Waals surface area contributed by atoms with E-state index >= 15 is 0 Å². The first-order valence-electron chi connectivity index (χ1n) is 7.36. The lowest BCUT2D eigenvalue weighted by atomic mass is 10.2. The van der Waals surface area contributed by atoms with Crippen molar-refractivity contribution in [3.8, 4) is 16.3 Å². The van der Waals surface area contributed by atoms with E-state index in [1.54, 1.807) is 23.5 Å². The Labute approximate surface area is 137 Å². The van der Waals surface area contributed by atoms with E-state index in [0.717, 1.165) is 29.1 Å². The van der Waals surface area contributed by atoms with Crippen LogP contribution >= 0.6 is 11.3 Å². The van der Waals surface area contributed by atoms with Gasteiger partial charge in [0.1, 0.15) is 10.8 Å². The van der Waals surface area contributed by atoms with Gasteiger partial charge in [-0.1, -0.05) is 0 Å². The highest BCUT2D eigenvalue weighted by Gasteiger charge is 2.23. The molecule has 0 unspecified atom stereocenters. The number of aryl methyl sites for hydroxylation is 1. The van der Waals surface area contributed by atoms with Crippen molar-refractivity contribution in [1.29, 1.82) is 0 Å². The molecule has 0 aliphatic heterocycles. The first-order chi connectivity index (χ1) is 11.1. The molecular weight excluding hydrogens is 314 g/mol. The van der Waals surface area contributed by atoms with Crippen molar-refractivity contribution in [3.63, 3.8) is 0 Å². The van der Waals surface area contributed by atoms with Crippen molar-refractivity contribution < 1.29 is 14.3 Å². The fraction of sp³-hybridized carbons (Fsp3) is 0.312. The fourth-order valence-electron chi connectivity index (χ4n) is 1.94. The van der Waals surface area contributed by atoms with Crippen LogP contribution in [0.3, 0.4) is 0 Å². The Morgan fingerprint density at radius 3 is 2.65 bits per heavy atom. The van der Waals surface area contributed by atoms with Crippen LogP contribution in [0.1, 0.15) is 18.5 Å². The van der Waals surface area contributed by atoms with Gasteiger partial charge in [0.25, 0.3) is 5.91 Å². The van der Waals surface area contributed by atoms with Crippen LogP contribution in [0, 0.1) is 6.92 Å². The van der Waals surface area contributed by atoms with Crippen LogP contribution in [0.5, 0.6) is 5.75 Å². The first-order valence-corrected chi connectivity index (χ1v) is 8.24. The monoisotopic (exact) mass is 331 g/mol. The van der Waals surface area contributed by atoms with Gasteiger partial charge in [-0.3, -0.25) is 10.1 Å². The van der Waals surface area contributed by atoms with Gasteiger partial charge in [-0.05, 0) is 44.0 Å². The minimum absolute atomic E-state index is 0.201. The molecule has 1 saturated carbocycles. The number of imide groups is 1. The number of carbonyl (C=O) groups excluding carboxylic acids is 2. The van der Waals surface area contributed by atoms with Crippen LogP contribution < -0.4 is 15.4 Å². The third kappa shape index (κ3) is 4.53. The van der Waals surface area contributed by atoms with E-state index in [4.69, 9.17) is 4.74 Å². The molecule has 7 heteroatoms. The number of benzene rings is 1. The number of nitrogens with one attached hydrogen (secondary N) is 2. The van der Waals surface area contributed by atoms with Crippen molar-refractivity contribution >= 4 is 23.3 Å². The number of rotatable bonds is 5. The molecule has 2 aromatic rings. The van der Waals surface area contributed by atoms with E-state index < -0.39 is 11.9 Å². The highest BCUT2D eigenvalue weighted by atomic mass is 32.1. The molecule has 3 amide bonds. The molecule has 23 heavy (non-hydrogen) atoms. The Balaban J connectivity index is 1.48. The highest BCUT2D eigenvalue weighted by molar-refractivity contribution is 7.13. The average Bonchev–Trinajstić information content (AvgIpc) is 3.23. The minimum atomic E-state index is -0.470. The summed E-state index contributed by atoms with van der Waals surface area (Å²) < 4.78 is 5.38. The lowest BCUT2D eigenvalue weighted by Crippen LogP contribution is -2.42. The Morgan fingerprint density at radius 1 is 1.30 bits per heavy atom. The van der Waals surface area contributed by atoms with Crippen molar-refractivity contribution in [2.75, 3.05) is 6.61 Å². The third-order valence-corrected chi connectivity index (χ3v) is 4.26. The summed E-state index contributed by atoms with van der Waals surface area (Å²) in [6.45, 7) is 1.75. The third-order valence-electron chi connectivity index (χ3n) is 3.26. The quantitative estimate of drug-likeness (QED) is 0.882. The average molecular weight is 331 g/mol. The van der Waals surface area contributed by atoms with Crippen molar-refractivity contribution in [2.24, 2.45) is 0 Å². The number of ether oxygens (including phenoxy) is 1. The molecule has 0 atom stereocenters. The first kappa shape index (κ1) is 15.5. The molecule has 3 rings (SSSR count). The summed E-state index contributed by atoms with van der Waals surface area (Å²) in [6, 6.07) is 7.10. The largest absolute Gasteiger partial charge is 0.484 e. The van der Waals surface area contributed by atoms with Crippen LogP contribution in [0.25, 0.3) is 10.6 Å². The standard InChI is InChI=1S/C16H17N3O3S/c1-10-9-23-15(17-10)11-2-6-13(7-3-11)22-8-14(20)19-16(21)18-12-4-5-12/h2-3,6-7,9,12H,4-5,8H2,1H3,(H2,18,19,20,21). The lowest BCUT2D eigenvalue weighted by Gasteiger charge is -2.08. The van der Waals surface area contributed by atoms with Crippen LogP contribution in [-0.2, 0) is 4.79 Å². The maximum Gasteiger partial charge on any atom is 0.321 e. The smallest absolute Gasteiger partial charge is 0.321 e. The Hall–Kier alpha value is -2.41. The summed E-state index contributed by atoms with van der Waals surface area (Å²) in [5.41, 5.74) is 2.00. The van der Waals surface area contributed by atoms with Crippen LogP contribution in [0.15, 0.2) is 29.6 Å². The summed E-state index contributed by atoms with van der Waals surface area (Å²) in [5, 5.41) is 7.86. The van der Waals surface area contributed by atoms with Gasteiger partial charge in [-0.15, -0.1) is 11.3 Å². The summed E-state index contributed by atoms with van der Waals surface area (Å²) in [5.74, 6) is 0.0996.